The van der Waals surface area contributed by atoms with E-state index in [9.17, 15) is 4.79 Å². The number of nitrogens with one attached hydrogen (secondary N) is 2. The van der Waals surface area contributed by atoms with Crippen LogP contribution in [0.25, 0.3) is 5.69 Å². The van der Waals surface area contributed by atoms with Crippen LogP contribution in [0.3, 0.4) is 0 Å². The maximum absolute atomic E-state index is 12.1. The second-order valence-corrected chi connectivity index (χ2v) is 7.88. The van der Waals surface area contributed by atoms with Crippen LogP contribution in [0.2, 0.25) is 0 Å². The maximum Gasteiger partial charge on any atom is 0.350 e. The number of aryl methyl sites for hydroxylation is 1. The van der Waals surface area contributed by atoms with E-state index in [2.05, 4.69) is 26.7 Å². The third kappa shape index (κ3) is 6.52. The summed E-state index contributed by atoms with van der Waals surface area (Å²) in [6.07, 6.45) is 5.45. The number of carbonyl (C=O) groups excluding carboxylic acids is 1. The Labute approximate surface area is 209 Å². The summed E-state index contributed by atoms with van der Waals surface area (Å²) in [5.41, 5.74) is 2.81. The number of halogens is 1. The summed E-state index contributed by atoms with van der Waals surface area (Å²) in [6.45, 7) is 9.22. The lowest BCUT2D eigenvalue weighted by atomic mass is 10.2. The molecule has 0 aliphatic carbocycles. The topological polar surface area (TPSA) is 93.4 Å². The fraction of sp³-hybridized carbons (Fsp3) is 0.364. The summed E-state index contributed by atoms with van der Waals surface area (Å²) in [5.74, 6) is 0.355. The molecule has 0 bridgehead atoms. The summed E-state index contributed by atoms with van der Waals surface area (Å²) < 4.78 is 7.09. The Balaban J connectivity index is 0.00000363. The molecule has 0 radical (unpaired) electrons. The molecular weight excluding hydrogens is 539 g/mol. The highest BCUT2D eigenvalue weighted by atomic mass is 127. The molecule has 1 atom stereocenters. The van der Waals surface area contributed by atoms with E-state index in [1.54, 1.807) is 19.4 Å². The number of aromatic nitrogens is 3. The second-order valence-electron chi connectivity index (χ2n) is 6.85. The monoisotopic (exact) mass is 568 g/mol. The van der Waals surface area contributed by atoms with Gasteiger partial charge in [-0.05, 0) is 39.3 Å². The molecule has 2 N–H and O–H groups in total. The summed E-state index contributed by atoms with van der Waals surface area (Å²) in [6, 6.07) is 7.99. The van der Waals surface area contributed by atoms with E-state index in [1.165, 1.54) is 11.3 Å². The number of ether oxygens (including phenoxy) is 1. The highest BCUT2D eigenvalue weighted by Gasteiger charge is 2.20. The number of imidazole rings is 1. The summed E-state index contributed by atoms with van der Waals surface area (Å²) in [5, 5.41) is 7.47. The van der Waals surface area contributed by atoms with E-state index in [-0.39, 0.29) is 36.0 Å². The third-order valence-electron chi connectivity index (χ3n) is 4.52. The Kier molecular flexibility index (Phi) is 10.1. The molecule has 0 saturated heterocycles. The molecule has 0 spiro atoms. The lowest BCUT2D eigenvalue weighted by Crippen LogP contribution is -2.38. The highest BCUT2D eigenvalue weighted by Crippen LogP contribution is 2.24. The molecule has 8 nitrogen and oxygen atoms in total. The molecule has 32 heavy (non-hydrogen) atoms. The minimum atomic E-state index is -0.326. The van der Waals surface area contributed by atoms with Crippen LogP contribution < -0.4 is 10.6 Å². The average molecular weight is 568 g/mol. The zero-order valence-corrected chi connectivity index (χ0v) is 21.8. The fourth-order valence-corrected chi connectivity index (χ4v) is 4.00. The minimum absolute atomic E-state index is 0. The van der Waals surface area contributed by atoms with Gasteiger partial charge in [-0.25, -0.2) is 19.8 Å². The first-order valence-electron chi connectivity index (χ1n) is 10.3. The molecule has 1 aromatic carbocycles. The van der Waals surface area contributed by atoms with Crippen LogP contribution in [0, 0.1) is 6.92 Å². The lowest BCUT2D eigenvalue weighted by Gasteiger charge is -2.16. The van der Waals surface area contributed by atoms with Crippen molar-refractivity contribution in [2.45, 2.75) is 40.3 Å². The van der Waals surface area contributed by atoms with Crippen LogP contribution in [0.1, 0.15) is 52.7 Å². The van der Waals surface area contributed by atoms with E-state index in [0.29, 0.717) is 29.7 Å². The zero-order valence-electron chi connectivity index (χ0n) is 18.7. The number of nitrogens with zero attached hydrogens (tertiary/aromatic N) is 4. The number of aliphatic imine (C=N–C) groups is 1. The Bertz CT molecular complexity index is 1030. The molecule has 0 amide bonds. The molecule has 10 heteroatoms. The number of guanidine groups is 1. The first-order valence-corrected chi connectivity index (χ1v) is 11.1. The van der Waals surface area contributed by atoms with E-state index in [0.717, 1.165) is 22.8 Å². The number of hydrogen-bond donors (Lipinski definition) is 2. The maximum atomic E-state index is 12.1. The quantitative estimate of drug-likeness (QED) is 0.183. The van der Waals surface area contributed by atoms with E-state index < -0.39 is 0 Å². The van der Waals surface area contributed by atoms with Gasteiger partial charge < -0.3 is 19.9 Å². The molecule has 0 fully saturated rings. The number of esters is 1. The molecular formula is C22H29IN6O2S. The SMILES string of the molecule is CCNC(=NCc1ccccc1-n1ccnc1)NC(C)c1nc(C)c(C(=O)OCC)s1.I. The van der Waals surface area contributed by atoms with E-state index in [4.69, 9.17) is 9.73 Å². The lowest BCUT2D eigenvalue weighted by molar-refractivity contribution is 0.0531. The van der Waals surface area contributed by atoms with Gasteiger partial charge in [0.15, 0.2) is 5.96 Å². The van der Waals surface area contributed by atoms with Crippen molar-refractivity contribution in [3.63, 3.8) is 0 Å². The smallest absolute Gasteiger partial charge is 0.350 e. The summed E-state index contributed by atoms with van der Waals surface area (Å²) in [7, 11) is 0. The molecule has 3 aromatic rings. The van der Waals surface area contributed by atoms with Crippen molar-refractivity contribution in [2.75, 3.05) is 13.2 Å². The van der Waals surface area contributed by atoms with Gasteiger partial charge in [0.25, 0.3) is 0 Å². The van der Waals surface area contributed by atoms with Crippen molar-refractivity contribution in [3.8, 4) is 5.69 Å². The third-order valence-corrected chi connectivity index (χ3v) is 5.84. The Morgan fingerprint density at radius 1 is 1.31 bits per heavy atom. The molecule has 1 unspecified atom stereocenters. The number of para-hydroxylation sites is 1. The van der Waals surface area contributed by atoms with Crippen LogP contribution in [-0.2, 0) is 11.3 Å². The van der Waals surface area contributed by atoms with Crippen LogP contribution in [0.4, 0.5) is 0 Å². The zero-order chi connectivity index (χ0) is 22.2. The predicted molar refractivity (Wildman–Crippen MR) is 138 cm³/mol. The molecule has 0 aliphatic heterocycles. The van der Waals surface area contributed by atoms with Gasteiger partial charge in [0.05, 0.1) is 36.9 Å². The number of rotatable bonds is 8. The van der Waals surface area contributed by atoms with Crippen LogP contribution >= 0.6 is 35.3 Å². The van der Waals surface area contributed by atoms with Crippen LogP contribution in [0.15, 0.2) is 48.0 Å². The van der Waals surface area contributed by atoms with Crippen molar-refractivity contribution in [3.05, 3.63) is 64.1 Å². The van der Waals surface area contributed by atoms with Crippen molar-refractivity contribution in [1.29, 1.82) is 0 Å². The molecule has 0 aliphatic rings. The largest absolute Gasteiger partial charge is 0.462 e. The molecule has 172 valence electrons. The number of carbonyl (C=O) groups is 1. The Morgan fingerprint density at radius 2 is 2.09 bits per heavy atom. The number of thiazole rings is 1. The van der Waals surface area contributed by atoms with Crippen LogP contribution in [0.5, 0.6) is 0 Å². The predicted octanol–water partition coefficient (Wildman–Crippen LogP) is 4.25. The van der Waals surface area contributed by atoms with Crippen molar-refractivity contribution in [2.24, 2.45) is 4.99 Å². The van der Waals surface area contributed by atoms with Gasteiger partial charge in [-0.1, -0.05) is 18.2 Å². The van der Waals surface area contributed by atoms with Crippen LogP contribution in [-0.4, -0.2) is 39.6 Å². The van der Waals surface area contributed by atoms with Gasteiger partial charge in [-0.2, -0.15) is 0 Å². The molecule has 3 rings (SSSR count). The summed E-state index contributed by atoms with van der Waals surface area (Å²) >= 11 is 1.35. The van der Waals surface area contributed by atoms with Gasteiger partial charge in [0, 0.05) is 18.9 Å². The standard InChI is InChI=1S/C22H28N6O2S.HI/c1-5-24-22(25-13-17-9-7-8-10-18(17)28-12-11-23-14-28)27-16(4)20-26-15(3)19(31-20)21(29)30-6-2;/h7-12,14,16H,5-6,13H2,1-4H3,(H2,24,25,27);1H. The number of hydrogen-bond acceptors (Lipinski definition) is 6. The Hall–Kier alpha value is -2.47. The molecule has 0 saturated carbocycles. The minimum Gasteiger partial charge on any atom is -0.462 e. The van der Waals surface area contributed by atoms with Gasteiger partial charge in [0.2, 0.25) is 0 Å². The first kappa shape index (κ1) is 25.8. The molecule has 2 heterocycles. The first-order chi connectivity index (χ1) is 15.0. The van der Waals surface area contributed by atoms with Gasteiger partial charge >= 0.3 is 5.97 Å². The normalized spacial score (nSPS) is 12.1. The average Bonchev–Trinajstić information content (AvgIpc) is 3.42. The van der Waals surface area contributed by atoms with E-state index in [1.807, 2.05) is 49.7 Å². The van der Waals surface area contributed by atoms with Gasteiger partial charge in [0.1, 0.15) is 9.88 Å². The van der Waals surface area contributed by atoms with Crippen molar-refractivity contribution in [1.82, 2.24) is 25.2 Å². The highest BCUT2D eigenvalue weighted by molar-refractivity contribution is 14.0. The summed E-state index contributed by atoms with van der Waals surface area (Å²) in [4.78, 5) is 26.1. The van der Waals surface area contributed by atoms with Crippen molar-refractivity contribution < 1.29 is 9.53 Å². The Morgan fingerprint density at radius 3 is 2.78 bits per heavy atom. The van der Waals surface area contributed by atoms with Gasteiger partial charge in [-0.15, -0.1) is 35.3 Å². The van der Waals surface area contributed by atoms with Gasteiger partial charge in [-0.3, -0.25) is 0 Å². The number of benzene rings is 1. The second kappa shape index (κ2) is 12.5. The fourth-order valence-electron chi connectivity index (χ4n) is 3.04. The van der Waals surface area contributed by atoms with Crippen molar-refractivity contribution >= 4 is 47.2 Å². The molecule has 2 aromatic heterocycles. The van der Waals surface area contributed by atoms with E-state index >= 15 is 0 Å².